The average Bonchev–Trinajstić information content (AvgIpc) is 3.20. The number of carbonyl (C=O) groups is 6. The van der Waals surface area contributed by atoms with E-state index in [2.05, 4.69) is 0 Å². The van der Waals surface area contributed by atoms with E-state index in [1.54, 1.807) is 39.2 Å². The summed E-state index contributed by atoms with van der Waals surface area (Å²) in [7, 11) is 9.82. The van der Waals surface area contributed by atoms with Gasteiger partial charge in [0.2, 0.25) is 11.6 Å². The summed E-state index contributed by atoms with van der Waals surface area (Å²) in [5.74, 6) is -14.8. The van der Waals surface area contributed by atoms with Crippen molar-refractivity contribution >= 4 is 52.2 Å². The van der Waals surface area contributed by atoms with Gasteiger partial charge < -0.3 is 62.3 Å². The van der Waals surface area contributed by atoms with Crippen LogP contribution in [-0.4, -0.2) is 156 Å². The highest BCUT2D eigenvalue weighted by Crippen LogP contribution is 2.58. The number of nitrogens with two attached hydrogens (primary N) is 2. The van der Waals surface area contributed by atoms with Crippen LogP contribution in [0.3, 0.4) is 0 Å². The summed E-state index contributed by atoms with van der Waals surface area (Å²) >= 11 is 6.26. The molecule has 2 amide bonds. The number of primary amides is 2. The van der Waals surface area contributed by atoms with Crippen LogP contribution in [0.4, 0.5) is 5.69 Å². The number of phenolic OH excluding ortho intramolecular Hbond substituents is 2. The Balaban J connectivity index is 0.000000196. The van der Waals surface area contributed by atoms with E-state index in [1.807, 2.05) is 0 Å². The first-order valence-corrected chi connectivity index (χ1v) is 21.0. The molecule has 20 nitrogen and oxygen atoms in total. The number of aromatic hydroxyl groups is 2. The molecule has 8 rings (SSSR count). The monoisotopic (exact) mass is 935 g/mol. The Hall–Kier alpha value is -6.29. The summed E-state index contributed by atoms with van der Waals surface area (Å²) in [5.41, 5.74) is 1.81. The van der Waals surface area contributed by atoms with Crippen molar-refractivity contribution in [1.82, 2.24) is 9.80 Å². The molecule has 0 radical (unpaired) electrons. The molecule has 0 unspecified atom stereocenters. The minimum atomic E-state index is -2.78. The van der Waals surface area contributed by atoms with E-state index < -0.39 is 133 Å². The topological polar surface area (TPSA) is 346 Å². The van der Waals surface area contributed by atoms with E-state index in [9.17, 15) is 74.7 Å². The fourth-order valence-corrected chi connectivity index (χ4v) is 11.6. The number of carbonyl (C=O) groups excluding carboxylic acids is 6. The summed E-state index contributed by atoms with van der Waals surface area (Å²) in [6.07, 6.45) is 0.0650. The van der Waals surface area contributed by atoms with Crippen molar-refractivity contribution in [2.24, 2.45) is 35.1 Å². The lowest BCUT2D eigenvalue weighted by Gasteiger charge is -2.52. The van der Waals surface area contributed by atoms with Gasteiger partial charge in [-0.3, -0.25) is 38.6 Å². The number of allylic oxidation sites excluding steroid dienone is 1. The number of benzene rings is 2. The first-order chi connectivity index (χ1) is 30.5. The maximum Gasteiger partial charge on any atom is 0.255 e. The Kier molecular flexibility index (Phi) is 11.3. The number of aliphatic hydroxyl groups is 7. The second kappa shape index (κ2) is 15.7. The number of anilines is 1. The highest BCUT2D eigenvalue weighted by Gasteiger charge is 2.67. The maximum atomic E-state index is 13.5. The molecular weight excluding hydrogens is 886 g/mol. The van der Waals surface area contributed by atoms with Gasteiger partial charge in [0.15, 0.2) is 22.8 Å². The smallest absolute Gasteiger partial charge is 0.255 e. The largest absolute Gasteiger partial charge is 0.510 e. The number of ketones is 4. The third-order valence-corrected chi connectivity index (χ3v) is 14.5. The van der Waals surface area contributed by atoms with Gasteiger partial charge in [-0.25, -0.2) is 0 Å². The Morgan fingerprint density at radius 1 is 0.667 bits per heavy atom. The van der Waals surface area contributed by atoms with Gasteiger partial charge in [-0.05, 0) is 90.1 Å². The van der Waals surface area contributed by atoms with E-state index in [4.69, 9.17) is 23.1 Å². The molecule has 0 fully saturated rings. The molecule has 6 aliphatic carbocycles. The summed E-state index contributed by atoms with van der Waals surface area (Å²) in [6, 6.07) is 3.36. The fraction of sp³-hybridized carbons (Fsp3) is 0.422. The third-order valence-electron chi connectivity index (χ3n) is 14.1. The van der Waals surface area contributed by atoms with Crippen LogP contribution >= 0.6 is 11.6 Å². The van der Waals surface area contributed by atoms with Gasteiger partial charge in [0.1, 0.15) is 45.7 Å². The molecule has 2 aromatic rings. The van der Waals surface area contributed by atoms with Crippen molar-refractivity contribution in [1.29, 1.82) is 0 Å². The van der Waals surface area contributed by atoms with E-state index in [1.165, 1.54) is 43.0 Å². The number of hydrogen-bond donors (Lipinski definition) is 11. The van der Waals surface area contributed by atoms with E-state index in [0.717, 1.165) is 11.8 Å². The number of rotatable bonds is 5. The summed E-state index contributed by atoms with van der Waals surface area (Å²) in [4.78, 5) is 82.0. The summed E-state index contributed by atoms with van der Waals surface area (Å²) in [5, 5.41) is 99.2. The quantitative estimate of drug-likeness (QED) is 0.183. The van der Waals surface area contributed by atoms with Crippen LogP contribution in [0.25, 0.3) is 0 Å². The third kappa shape index (κ3) is 6.29. The van der Waals surface area contributed by atoms with Crippen LogP contribution in [0.5, 0.6) is 11.5 Å². The highest BCUT2D eigenvalue weighted by atomic mass is 35.5. The molecule has 352 valence electrons. The minimum absolute atomic E-state index is 0.00184. The number of phenols is 2. The van der Waals surface area contributed by atoms with Gasteiger partial charge in [-0.1, -0.05) is 11.6 Å². The first-order valence-electron chi connectivity index (χ1n) is 20.6. The number of likely N-dealkylation sites (N-methyl/N-ethyl adjacent to an activating group) is 2. The molecule has 0 heterocycles. The summed E-state index contributed by atoms with van der Waals surface area (Å²) < 4.78 is 0. The zero-order valence-electron chi connectivity index (χ0n) is 36.7. The standard InChI is InChI=1S/C23H27N3O7.C22H23ClN2O8/c1-25(2)12-5-6-13(27)15-10(12)7-9-8-11-17(26(3)4)19(29)16(22(24)32)21(31)23(11,33)20(30)14(9)18(15)28;1-21(32)7-6-8-15(25(2)3)17(28)13(20(24)31)19(30)22(8,33)18(29)11(7)16(27)12-10(26)5-4-9(23)14(12)21/h5-6,9,11,17,27,29-30,33H,7-8H2,1-4H3,(H2,24,32);4-5,7-8,15,26,28-29,32-33H,6H2,1-3H3,(H2,24,31)/t9-,11-,17-,23-;7-,8-,15-,21-,22-/m00/s1. The van der Waals surface area contributed by atoms with Crippen molar-refractivity contribution in [3.8, 4) is 11.5 Å². The molecule has 0 saturated carbocycles. The molecule has 0 spiro atoms. The fourth-order valence-electron chi connectivity index (χ4n) is 11.2. The van der Waals surface area contributed by atoms with Gasteiger partial charge in [0.25, 0.3) is 11.8 Å². The lowest BCUT2D eigenvalue weighted by atomic mass is 9.55. The molecule has 0 aromatic heterocycles. The van der Waals surface area contributed by atoms with Crippen molar-refractivity contribution in [3.05, 3.63) is 96.9 Å². The Bertz CT molecular complexity index is 2740. The van der Waals surface area contributed by atoms with Crippen LogP contribution in [0, 0.1) is 23.7 Å². The molecular formula is C45H50ClN5O15. The van der Waals surface area contributed by atoms with E-state index >= 15 is 0 Å². The molecule has 66 heavy (non-hydrogen) atoms. The Morgan fingerprint density at radius 3 is 1.58 bits per heavy atom. The molecule has 0 aliphatic heterocycles. The van der Waals surface area contributed by atoms with Gasteiger partial charge in [0.05, 0.1) is 28.8 Å². The van der Waals surface area contributed by atoms with Crippen LogP contribution in [-0.2, 0) is 31.2 Å². The van der Waals surface area contributed by atoms with Crippen LogP contribution in [0.2, 0.25) is 5.02 Å². The molecule has 0 bridgehead atoms. The lowest BCUT2D eigenvalue weighted by molar-refractivity contribution is -0.152. The zero-order chi connectivity index (χ0) is 49.3. The van der Waals surface area contributed by atoms with Gasteiger partial charge in [-0.2, -0.15) is 0 Å². The van der Waals surface area contributed by atoms with Crippen LogP contribution in [0.1, 0.15) is 51.6 Å². The normalized spacial score (nSPS) is 31.4. The maximum absolute atomic E-state index is 13.5. The molecule has 9 atom stereocenters. The molecule has 0 saturated heterocycles. The average molecular weight is 936 g/mol. The number of halogens is 1. The SMILES string of the molecule is CN(C)[C@@H]1C(O)=C(C(N)=O)C(=O)[C@@]2(O)C(O)=C3C(=O)c4c(O)ccc(Cl)c4[C@@](C)(O)[C@H]3C[C@@H]12.CN(C)c1ccc(O)c2c1C[C@H]1C[C@H]3[C@H](N(C)C)C(O)=C(C(N)=O)C(=O)[C@@]3(O)C(O)=C1C2=O. The number of nitrogens with zero attached hydrogens (tertiary/aromatic N) is 3. The predicted octanol–water partition coefficient (Wildman–Crippen LogP) is 0.626. The number of Topliss-reactive ketones (excluding diaryl/α,β-unsaturated/α-hetero) is 4. The highest BCUT2D eigenvalue weighted by molar-refractivity contribution is 6.33. The van der Waals surface area contributed by atoms with E-state index in [-0.39, 0.29) is 52.3 Å². The predicted molar refractivity (Wildman–Crippen MR) is 233 cm³/mol. The molecule has 2 aromatic carbocycles. The molecule has 21 heteroatoms. The first kappa shape index (κ1) is 47.7. The molecule has 13 N–H and O–H groups in total. The van der Waals surface area contributed by atoms with Gasteiger partial charge >= 0.3 is 0 Å². The zero-order valence-corrected chi connectivity index (χ0v) is 37.5. The number of fused-ring (bicyclic) bond motifs is 6. The van der Waals surface area contributed by atoms with Crippen molar-refractivity contribution in [2.45, 2.75) is 55.1 Å². The Morgan fingerprint density at radius 2 is 1.11 bits per heavy atom. The second-order valence-electron chi connectivity index (χ2n) is 18.4. The summed E-state index contributed by atoms with van der Waals surface area (Å²) in [6.45, 7) is 1.34. The van der Waals surface area contributed by atoms with Crippen LogP contribution < -0.4 is 16.4 Å². The van der Waals surface area contributed by atoms with E-state index in [0.29, 0.717) is 5.56 Å². The van der Waals surface area contributed by atoms with Crippen molar-refractivity contribution in [3.63, 3.8) is 0 Å². The number of aliphatic hydroxyl groups excluding tert-OH is 4. The number of amides is 2. The van der Waals surface area contributed by atoms with Gasteiger partial charge in [0, 0.05) is 59.3 Å². The molecule has 6 aliphatic rings. The minimum Gasteiger partial charge on any atom is -0.510 e. The van der Waals surface area contributed by atoms with Crippen molar-refractivity contribution < 1.29 is 74.7 Å². The number of hydrogen-bond acceptors (Lipinski definition) is 18. The van der Waals surface area contributed by atoms with Crippen LogP contribution in [0.15, 0.2) is 69.6 Å². The second-order valence-corrected chi connectivity index (χ2v) is 18.8. The van der Waals surface area contributed by atoms with Crippen molar-refractivity contribution in [2.75, 3.05) is 47.2 Å². The lowest BCUT2D eigenvalue weighted by Crippen LogP contribution is -2.65. The van der Waals surface area contributed by atoms with Gasteiger partial charge in [-0.15, -0.1) is 0 Å². The Labute approximate surface area is 381 Å².